The van der Waals surface area contributed by atoms with E-state index in [9.17, 15) is 9.90 Å². The number of nitrogens with zero attached hydrogens (tertiary/aromatic N) is 2. The number of urea groups is 1. The molecule has 1 unspecified atom stereocenters. The third-order valence-electron chi connectivity index (χ3n) is 3.36. The van der Waals surface area contributed by atoms with Gasteiger partial charge in [0.05, 0.1) is 18.3 Å². The molecule has 0 bridgehead atoms. The van der Waals surface area contributed by atoms with Crippen molar-refractivity contribution in [2.75, 3.05) is 6.54 Å². The topological polar surface area (TPSA) is 79.2 Å². The van der Waals surface area contributed by atoms with Gasteiger partial charge in [-0.3, -0.25) is 4.68 Å². The molecule has 21 heavy (non-hydrogen) atoms. The van der Waals surface area contributed by atoms with Gasteiger partial charge in [-0.15, -0.1) is 0 Å². The van der Waals surface area contributed by atoms with E-state index in [4.69, 9.17) is 0 Å². The number of nitrogens with one attached hydrogen (secondary N) is 2. The number of carbonyl (C=O) groups excluding carboxylic acids is 1. The molecule has 0 aliphatic heterocycles. The van der Waals surface area contributed by atoms with E-state index in [1.54, 1.807) is 10.9 Å². The summed E-state index contributed by atoms with van der Waals surface area (Å²) in [6.07, 6.45) is 0.963. The van der Waals surface area contributed by atoms with Gasteiger partial charge in [0, 0.05) is 19.8 Å². The van der Waals surface area contributed by atoms with E-state index in [-0.39, 0.29) is 12.6 Å². The van der Waals surface area contributed by atoms with E-state index in [0.717, 1.165) is 16.8 Å². The highest BCUT2D eigenvalue weighted by Gasteiger charge is 2.11. The molecule has 0 saturated heterocycles. The first kappa shape index (κ1) is 15.1. The number of rotatable bonds is 5. The van der Waals surface area contributed by atoms with Crippen molar-refractivity contribution in [3.05, 3.63) is 53.3 Å². The van der Waals surface area contributed by atoms with Gasteiger partial charge in [0.15, 0.2) is 0 Å². The highest BCUT2D eigenvalue weighted by atomic mass is 16.3. The summed E-state index contributed by atoms with van der Waals surface area (Å²) in [5.41, 5.74) is 2.73. The molecule has 3 N–H and O–H groups in total. The van der Waals surface area contributed by atoms with Crippen LogP contribution in [0.2, 0.25) is 0 Å². The van der Waals surface area contributed by atoms with Crippen LogP contribution in [0, 0.1) is 6.92 Å². The van der Waals surface area contributed by atoms with E-state index >= 15 is 0 Å². The number of aliphatic hydroxyl groups excluding tert-OH is 1. The lowest BCUT2D eigenvalue weighted by molar-refractivity contribution is 0.172. The molecule has 6 heteroatoms. The monoisotopic (exact) mass is 288 g/mol. The van der Waals surface area contributed by atoms with Gasteiger partial charge in [-0.1, -0.05) is 24.3 Å². The van der Waals surface area contributed by atoms with Gasteiger partial charge >= 0.3 is 6.03 Å². The Hall–Kier alpha value is -2.34. The average molecular weight is 288 g/mol. The molecule has 0 spiro atoms. The largest absolute Gasteiger partial charge is 0.387 e. The molecule has 2 amide bonds. The van der Waals surface area contributed by atoms with Crippen molar-refractivity contribution in [3.8, 4) is 0 Å². The number of carbonyl (C=O) groups is 1. The van der Waals surface area contributed by atoms with Crippen LogP contribution in [0.15, 0.2) is 36.5 Å². The summed E-state index contributed by atoms with van der Waals surface area (Å²) < 4.78 is 1.70. The Labute approximate surface area is 123 Å². The molecule has 2 rings (SSSR count). The number of amides is 2. The second kappa shape index (κ2) is 6.90. The fourth-order valence-corrected chi connectivity index (χ4v) is 2.07. The predicted octanol–water partition coefficient (Wildman–Crippen LogP) is 1.26. The molecule has 6 nitrogen and oxygen atoms in total. The number of hydrogen-bond acceptors (Lipinski definition) is 3. The molecule has 2 aromatic rings. The minimum absolute atomic E-state index is 0.169. The van der Waals surface area contributed by atoms with Crippen molar-refractivity contribution in [1.29, 1.82) is 0 Å². The van der Waals surface area contributed by atoms with E-state index in [0.29, 0.717) is 6.54 Å². The molecular formula is C15H20N4O2. The second-order valence-corrected chi connectivity index (χ2v) is 4.88. The number of benzene rings is 1. The van der Waals surface area contributed by atoms with Gasteiger partial charge in [0.25, 0.3) is 0 Å². The lowest BCUT2D eigenvalue weighted by Crippen LogP contribution is -2.37. The van der Waals surface area contributed by atoms with Crippen molar-refractivity contribution < 1.29 is 9.90 Å². The van der Waals surface area contributed by atoms with E-state index in [1.807, 2.05) is 44.3 Å². The smallest absolute Gasteiger partial charge is 0.315 e. The zero-order chi connectivity index (χ0) is 15.2. The highest BCUT2D eigenvalue weighted by Crippen LogP contribution is 2.16. The molecule has 0 aliphatic carbocycles. The van der Waals surface area contributed by atoms with Crippen LogP contribution in [-0.4, -0.2) is 27.5 Å². The maximum Gasteiger partial charge on any atom is 0.315 e. The third kappa shape index (κ3) is 4.06. The van der Waals surface area contributed by atoms with Crippen molar-refractivity contribution in [1.82, 2.24) is 20.4 Å². The lowest BCUT2D eigenvalue weighted by Gasteiger charge is -2.15. The molecule has 0 fully saturated rings. The SMILES string of the molecule is Cc1ccccc1C(O)CNC(=O)NCc1ccnn1C. The fourth-order valence-electron chi connectivity index (χ4n) is 2.07. The zero-order valence-electron chi connectivity index (χ0n) is 12.2. The van der Waals surface area contributed by atoms with Crippen LogP contribution in [0.3, 0.4) is 0 Å². The third-order valence-corrected chi connectivity index (χ3v) is 3.36. The Bertz CT molecular complexity index is 609. The minimum atomic E-state index is -0.714. The van der Waals surface area contributed by atoms with Gasteiger partial charge in [-0.2, -0.15) is 5.10 Å². The Balaban J connectivity index is 1.79. The summed E-state index contributed by atoms with van der Waals surface area (Å²) in [6, 6.07) is 9.09. The lowest BCUT2D eigenvalue weighted by atomic mass is 10.0. The molecule has 1 aromatic heterocycles. The maximum absolute atomic E-state index is 11.7. The van der Waals surface area contributed by atoms with Crippen molar-refractivity contribution in [2.45, 2.75) is 19.6 Å². The number of hydrogen-bond donors (Lipinski definition) is 3. The summed E-state index contributed by atoms with van der Waals surface area (Å²) in [5.74, 6) is 0. The Morgan fingerprint density at radius 3 is 2.76 bits per heavy atom. The Morgan fingerprint density at radius 2 is 2.10 bits per heavy atom. The molecule has 1 aromatic carbocycles. The van der Waals surface area contributed by atoms with E-state index < -0.39 is 6.10 Å². The predicted molar refractivity (Wildman–Crippen MR) is 79.6 cm³/mol. The van der Waals surface area contributed by atoms with Crippen LogP contribution in [-0.2, 0) is 13.6 Å². The Kier molecular flexibility index (Phi) is 4.94. The van der Waals surface area contributed by atoms with Crippen molar-refractivity contribution >= 4 is 6.03 Å². The molecule has 112 valence electrons. The molecule has 1 atom stereocenters. The van der Waals surface area contributed by atoms with Crippen LogP contribution < -0.4 is 10.6 Å². The van der Waals surface area contributed by atoms with Crippen LogP contribution in [0.25, 0.3) is 0 Å². The van der Waals surface area contributed by atoms with Gasteiger partial charge in [0.2, 0.25) is 0 Å². The molecular weight excluding hydrogens is 268 g/mol. The standard InChI is InChI=1S/C15H20N4O2/c1-11-5-3-4-6-13(11)14(20)10-17-15(21)16-9-12-7-8-18-19(12)2/h3-8,14,20H,9-10H2,1-2H3,(H2,16,17,21). The molecule has 0 radical (unpaired) electrons. The van der Waals surface area contributed by atoms with Gasteiger partial charge in [-0.05, 0) is 24.1 Å². The molecule has 0 aliphatic rings. The first-order chi connectivity index (χ1) is 10.1. The zero-order valence-corrected chi connectivity index (χ0v) is 12.2. The molecule has 0 saturated carbocycles. The van der Waals surface area contributed by atoms with Crippen LogP contribution in [0.1, 0.15) is 22.9 Å². The van der Waals surface area contributed by atoms with Crippen molar-refractivity contribution in [2.24, 2.45) is 7.05 Å². The second-order valence-electron chi connectivity index (χ2n) is 4.88. The quantitative estimate of drug-likeness (QED) is 0.775. The first-order valence-corrected chi connectivity index (χ1v) is 6.80. The summed E-state index contributed by atoms with van der Waals surface area (Å²) in [7, 11) is 1.82. The van der Waals surface area contributed by atoms with Crippen LogP contribution >= 0.6 is 0 Å². The average Bonchev–Trinajstić information content (AvgIpc) is 2.88. The highest BCUT2D eigenvalue weighted by molar-refractivity contribution is 5.73. The fraction of sp³-hybridized carbons (Fsp3) is 0.333. The van der Waals surface area contributed by atoms with Gasteiger partial charge < -0.3 is 15.7 Å². The van der Waals surface area contributed by atoms with Crippen LogP contribution in [0.5, 0.6) is 0 Å². The number of aromatic nitrogens is 2. The summed E-state index contributed by atoms with van der Waals surface area (Å²) in [6.45, 7) is 2.49. The Morgan fingerprint density at radius 1 is 1.33 bits per heavy atom. The normalized spacial score (nSPS) is 12.0. The van der Waals surface area contributed by atoms with Gasteiger partial charge in [0.1, 0.15) is 0 Å². The summed E-state index contributed by atoms with van der Waals surface area (Å²) in [4.78, 5) is 11.7. The van der Waals surface area contributed by atoms with Crippen LogP contribution in [0.4, 0.5) is 4.79 Å². The number of aliphatic hydroxyl groups is 1. The summed E-state index contributed by atoms with van der Waals surface area (Å²) >= 11 is 0. The van der Waals surface area contributed by atoms with E-state index in [1.165, 1.54) is 0 Å². The van der Waals surface area contributed by atoms with Crippen molar-refractivity contribution in [3.63, 3.8) is 0 Å². The van der Waals surface area contributed by atoms with E-state index in [2.05, 4.69) is 15.7 Å². The molecule has 1 heterocycles. The summed E-state index contributed by atoms with van der Waals surface area (Å²) in [5, 5.41) is 19.5. The number of aryl methyl sites for hydroxylation is 2. The van der Waals surface area contributed by atoms with Gasteiger partial charge in [-0.25, -0.2) is 4.79 Å². The minimum Gasteiger partial charge on any atom is -0.387 e. The maximum atomic E-state index is 11.7. The first-order valence-electron chi connectivity index (χ1n) is 6.80.